The summed E-state index contributed by atoms with van der Waals surface area (Å²) in [5, 5.41) is 30.2. The Morgan fingerprint density at radius 1 is 0.930 bits per heavy atom. The molecule has 3 aromatic heterocycles. The van der Waals surface area contributed by atoms with Crippen molar-refractivity contribution in [3.63, 3.8) is 0 Å². The van der Waals surface area contributed by atoms with Gasteiger partial charge in [-0.2, -0.15) is 0 Å². The molecular weight excluding hydrogens is 548 g/mol. The lowest BCUT2D eigenvalue weighted by Crippen LogP contribution is -2.13. The minimum absolute atomic E-state index is 0.120. The summed E-state index contributed by atoms with van der Waals surface area (Å²) >= 11 is 0. The molecule has 0 fully saturated rings. The van der Waals surface area contributed by atoms with E-state index in [4.69, 9.17) is 4.98 Å². The summed E-state index contributed by atoms with van der Waals surface area (Å²) in [5.41, 5.74) is 7.69. The molecule has 0 amide bonds. The number of allylic oxidation sites excluding steroid dienone is 1. The van der Waals surface area contributed by atoms with Crippen LogP contribution in [0.3, 0.4) is 0 Å². The molecule has 5 heterocycles. The molecule has 5 rings (SSSR count). The number of nitrogens with zero attached hydrogens (tertiary/aromatic N) is 2. The summed E-state index contributed by atoms with van der Waals surface area (Å²) in [4.78, 5) is 53.4. The molecule has 222 valence electrons. The van der Waals surface area contributed by atoms with Crippen LogP contribution in [0.5, 0.6) is 0 Å². The van der Waals surface area contributed by atoms with E-state index in [2.05, 4.69) is 21.5 Å². The van der Waals surface area contributed by atoms with Gasteiger partial charge in [0, 0.05) is 51.6 Å². The predicted molar refractivity (Wildman–Crippen MR) is 165 cm³/mol. The van der Waals surface area contributed by atoms with Crippen molar-refractivity contribution in [2.24, 2.45) is 0 Å². The quantitative estimate of drug-likeness (QED) is 0.207. The third kappa shape index (κ3) is 4.92. The van der Waals surface area contributed by atoms with E-state index in [9.17, 15) is 29.7 Å². The molecule has 10 nitrogen and oxygen atoms in total. The highest BCUT2D eigenvalue weighted by molar-refractivity contribution is 6.26. The monoisotopic (exact) mass is 582 g/mol. The molecule has 2 unspecified atom stereocenters. The Morgan fingerprint density at radius 2 is 1.60 bits per heavy atom. The van der Waals surface area contributed by atoms with Gasteiger partial charge in [-0.1, -0.05) is 26.5 Å². The summed E-state index contributed by atoms with van der Waals surface area (Å²) in [6.45, 7) is 13.5. The molecule has 0 aliphatic carbocycles. The Labute approximate surface area is 247 Å². The fourth-order valence-electron chi connectivity index (χ4n) is 6.32. The van der Waals surface area contributed by atoms with Gasteiger partial charge in [0.2, 0.25) is 0 Å². The Balaban J connectivity index is 2.04. The van der Waals surface area contributed by atoms with Gasteiger partial charge in [-0.3, -0.25) is 9.78 Å². The fourth-order valence-corrected chi connectivity index (χ4v) is 6.32. The Bertz CT molecular complexity index is 1930. The maximum Gasteiger partial charge on any atom is 0.339 e. The van der Waals surface area contributed by atoms with Crippen LogP contribution in [0.4, 0.5) is 0 Å². The average molecular weight is 583 g/mol. The Morgan fingerprint density at radius 3 is 2.21 bits per heavy atom. The number of carbonyl (C=O) groups is 3. The van der Waals surface area contributed by atoms with Crippen molar-refractivity contribution >= 4 is 57.2 Å². The second kappa shape index (κ2) is 11.0. The number of aliphatic carboxylic acids is 2. The van der Waals surface area contributed by atoms with Gasteiger partial charge in [-0.05, 0) is 74.1 Å². The van der Waals surface area contributed by atoms with Crippen LogP contribution >= 0.6 is 0 Å². The van der Waals surface area contributed by atoms with Gasteiger partial charge < -0.3 is 25.3 Å². The highest BCUT2D eigenvalue weighted by Gasteiger charge is 2.37. The third-order valence-electron chi connectivity index (χ3n) is 8.73. The van der Waals surface area contributed by atoms with Gasteiger partial charge in [0.1, 0.15) is 5.56 Å². The highest BCUT2D eigenvalue weighted by atomic mass is 16.4. The maximum atomic E-state index is 12.9. The van der Waals surface area contributed by atoms with E-state index in [-0.39, 0.29) is 41.3 Å². The summed E-state index contributed by atoms with van der Waals surface area (Å²) in [5.74, 6) is -4.64. The minimum Gasteiger partial charge on any atom is -0.481 e. The largest absolute Gasteiger partial charge is 0.481 e. The number of hydrogen-bond donors (Lipinski definition) is 5. The number of aromatic carboxylic acids is 1. The number of rotatable bonds is 7. The van der Waals surface area contributed by atoms with E-state index >= 15 is 0 Å². The van der Waals surface area contributed by atoms with Crippen LogP contribution in [-0.2, 0) is 16.0 Å². The molecule has 0 saturated heterocycles. The molecule has 0 radical (unpaired) electrons. The predicted octanol–water partition coefficient (Wildman–Crippen LogP) is 6.60. The molecular formula is C33H34N4O6. The van der Waals surface area contributed by atoms with E-state index in [1.165, 1.54) is 0 Å². The lowest BCUT2D eigenvalue weighted by Gasteiger charge is -2.16. The van der Waals surface area contributed by atoms with Crippen LogP contribution in [-0.4, -0.2) is 53.2 Å². The van der Waals surface area contributed by atoms with Gasteiger partial charge >= 0.3 is 17.9 Å². The fraction of sp³-hybridized carbons (Fsp3) is 0.303. The standard InChI is InChI=1S/C33H34N4O6/c1-7-18-14(3)21-11-23-16(5)20(9-10-27(38)39)30(36-23)29(33(42)43)31-28(32(40)41)17(6)24(37-31)13-26-19(8-2)15(4)22(35-26)12-25(18)34-21/h7,11-13,16,20,34-35H,1,8-10H2,2-6H3,(H,38,39)(H,40,41)(H,42,43). The van der Waals surface area contributed by atoms with Crippen LogP contribution in [0.15, 0.2) is 24.8 Å². The molecule has 0 aromatic carbocycles. The number of carboxylic acids is 3. The molecule has 2 aliphatic rings. The SMILES string of the molecule is C=Cc1c(C)c2cc3nc(c(C(=O)O)c4nc(cc5[nH]c(cc1[nH]2)c(C)c5CC)C(C)=C4C(=O)O)C(CCC(=O)O)C3C. The van der Waals surface area contributed by atoms with E-state index < -0.39 is 23.8 Å². The highest BCUT2D eigenvalue weighted by Crippen LogP contribution is 2.43. The van der Waals surface area contributed by atoms with Crippen LogP contribution in [0.2, 0.25) is 0 Å². The number of nitrogens with one attached hydrogen (secondary N) is 2. The molecule has 0 saturated carbocycles. The summed E-state index contributed by atoms with van der Waals surface area (Å²) in [6, 6.07) is 5.62. The molecule has 2 atom stereocenters. The Hall–Kier alpha value is -4.99. The lowest BCUT2D eigenvalue weighted by atomic mass is 9.85. The normalized spacial score (nSPS) is 16.4. The molecule has 0 spiro atoms. The van der Waals surface area contributed by atoms with Crippen molar-refractivity contribution in [1.82, 2.24) is 19.9 Å². The molecule has 2 aliphatic heterocycles. The van der Waals surface area contributed by atoms with Gasteiger partial charge in [-0.15, -0.1) is 0 Å². The summed E-state index contributed by atoms with van der Waals surface area (Å²) < 4.78 is 0. The van der Waals surface area contributed by atoms with Crippen LogP contribution in [0.1, 0.15) is 101 Å². The zero-order chi connectivity index (χ0) is 31.3. The number of aromatic amines is 2. The Kier molecular flexibility index (Phi) is 7.56. The van der Waals surface area contributed by atoms with Gasteiger partial charge in [0.15, 0.2) is 0 Å². The number of hydrogen-bond acceptors (Lipinski definition) is 5. The van der Waals surface area contributed by atoms with Crippen molar-refractivity contribution < 1.29 is 29.7 Å². The first-order valence-electron chi connectivity index (χ1n) is 14.2. The van der Waals surface area contributed by atoms with Crippen LogP contribution in [0, 0.1) is 13.8 Å². The average Bonchev–Trinajstić information content (AvgIpc) is 3.60. The summed E-state index contributed by atoms with van der Waals surface area (Å²) in [7, 11) is 0. The van der Waals surface area contributed by atoms with Gasteiger partial charge in [-0.25, -0.2) is 14.6 Å². The number of H-pyrrole nitrogens is 2. The minimum atomic E-state index is -1.38. The van der Waals surface area contributed by atoms with E-state index in [0.29, 0.717) is 23.4 Å². The number of fused-ring (bicyclic) bond motifs is 8. The van der Waals surface area contributed by atoms with E-state index in [0.717, 1.165) is 44.3 Å². The van der Waals surface area contributed by atoms with E-state index in [1.807, 2.05) is 39.8 Å². The first kappa shape index (κ1) is 29.5. The molecule has 43 heavy (non-hydrogen) atoms. The van der Waals surface area contributed by atoms with Gasteiger partial charge in [0.05, 0.1) is 22.7 Å². The molecule has 3 aromatic rings. The zero-order valence-electron chi connectivity index (χ0n) is 24.8. The first-order chi connectivity index (χ1) is 20.4. The topological polar surface area (TPSA) is 169 Å². The smallest absolute Gasteiger partial charge is 0.339 e. The lowest BCUT2D eigenvalue weighted by molar-refractivity contribution is -0.137. The van der Waals surface area contributed by atoms with Crippen molar-refractivity contribution in [2.45, 2.75) is 65.7 Å². The third-order valence-corrected chi connectivity index (χ3v) is 8.73. The molecule has 5 N–H and O–H groups in total. The number of aryl methyl sites for hydroxylation is 3. The number of aromatic nitrogens is 4. The maximum absolute atomic E-state index is 12.9. The van der Waals surface area contributed by atoms with Gasteiger partial charge in [0.25, 0.3) is 0 Å². The molecule has 10 heteroatoms. The zero-order valence-corrected chi connectivity index (χ0v) is 24.8. The first-order valence-corrected chi connectivity index (χ1v) is 14.2. The van der Waals surface area contributed by atoms with Crippen LogP contribution in [0.25, 0.3) is 39.3 Å². The van der Waals surface area contributed by atoms with E-state index in [1.54, 1.807) is 19.1 Å². The van der Waals surface area contributed by atoms with Crippen molar-refractivity contribution in [2.75, 3.05) is 0 Å². The molecule has 8 bridgehead atoms. The summed E-state index contributed by atoms with van der Waals surface area (Å²) in [6.07, 6.45) is 2.39. The van der Waals surface area contributed by atoms with Crippen molar-refractivity contribution in [3.05, 3.63) is 75.4 Å². The second-order valence-electron chi connectivity index (χ2n) is 11.1. The van der Waals surface area contributed by atoms with Crippen LogP contribution < -0.4 is 0 Å². The second-order valence-corrected chi connectivity index (χ2v) is 11.1. The van der Waals surface area contributed by atoms with Crippen molar-refractivity contribution in [3.8, 4) is 0 Å². The van der Waals surface area contributed by atoms with Crippen molar-refractivity contribution in [1.29, 1.82) is 0 Å². The number of carboxylic acid groups (broad SMARTS) is 3.